The van der Waals surface area contributed by atoms with E-state index in [0.29, 0.717) is 0 Å². The molecule has 1 aliphatic rings. The van der Waals surface area contributed by atoms with Gasteiger partial charge in [0.1, 0.15) is 12.3 Å². The summed E-state index contributed by atoms with van der Waals surface area (Å²) in [4.78, 5) is 39.8. The van der Waals surface area contributed by atoms with Gasteiger partial charge >= 0.3 is 7.60 Å². The predicted octanol–water partition coefficient (Wildman–Crippen LogP) is -0.667. The van der Waals surface area contributed by atoms with Crippen molar-refractivity contribution in [3.8, 4) is 0 Å². The average molecular weight is 333 g/mol. The SMILES string of the molecule is Nc1nc2c(ncn2C[C@H]2O[C@@H](P(=O)(O)O)C[C@H]2F)c(=O)[nH]1. The highest BCUT2D eigenvalue weighted by molar-refractivity contribution is 7.52. The second-order valence-corrected chi connectivity index (χ2v) is 6.74. The van der Waals surface area contributed by atoms with Gasteiger partial charge in [0.15, 0.2) is 17.0 Å². The molecule has 0 aromatic carbocycles. The lowest BCUT2D eigenvalue weighted by atomic mass is 10.2. The topological polar surface area (TPSA) is 156 Å². The Morgan fingerprint density at radius 1 is 1.59 bits per heavy atom. The lowest BCUT2D eigenvalue weighted by Gasteiger charge is -2.15. The van der Waals surface area contributed by atoms with Gasteiger partial charge in [0.2, 0.25) is 5.95 Å². The number of halogens is 1. The zero-order valence-corrected chi connectivity index (χ0v) is 12.0. The second-order valence-electron chi connectivity index (χ2n) is 4.99. The van der Waals surface area contributed by atoms with Crippen LogP contribution >= 0.6 is 7.60 Å². The highest BCUT2D eigenvalue weighted by Crippen LogP contribution is 2.48. The highest BCUT2D eigenvalue weighted by atomic mass is 31.2. The highest BCUT2D eigenvalue weighted by Gasteiger charge is 2.44. The first kappa shape index (κ1) is 15.1. The number of H-pyrrole nitrogens is 1. The number of rotatable bonds is 3. The number of nitrogens with zero attached hydrogens (tertiary/aromatic N) is 3. The average Bonchev–Trinajstić information content (AvgIpc) is 2.95. The first-order valence-electron chi connectivity index (χ1n) is 6.31. The van der Waals surface area contributed by atoms with Crippen molar-refractivity contribution < 1.29 is 23.5 Å². The number of fused-ring (bicyclic) bond motifs is 1. The van der Waals surface area contributed by atoms with Crippen molar-refractivity contribution >= 4 is 24.7 Å². The Bertz CT molecular complexity index is 816. The molecule has 5 N–H and O–H groups in total. The maximum absolute atomic E-state index is 13.9. The Hall–Kier alpha value is -1.81. The Morgan fingerprint density at radius 2 is 2.32 bits per heavy atom. The first-order chi connectivity index (χ1) is 10.3. The molecule has 0 radical (unpaired) electrons. The van der Waals surface area contributed by atoms with E-state index in [1.807, 2.05) is 0 Å². The number of nitrogen functional groups attached to an aromatic ring is 1. The van der Waals surface area contributed by atoms with Gasteiger partial charge in [-0.2, -0.15) is 4.98 Å². The number of nitrogens with one attached hydrogen (secondary N) is 1. The number of hydrogen-bond donors (Lipinski definition) is 4. The Morgan fingerprint density at radius 3 is 2.95 bits per heavy atom. The number of hydrogen-bond acceptors (Lipinski definition) is 6. The molecule has 3 atom stereocenters. The summed E-state index contributed by atoms with van der Waals surface area (Å²) in [6, 6.07) is 0. The standard InChI is InChI=1S/C10H13FN5O5P/c11-4-1-6(22(18,19)20)21-5(4)2-16-3-13-7-8(16)14-10(12)15-9(7)17/h3-6H,1-2H2,(H2,18,19,20)(H3,12,14,15,17)/t4-,5-,6+/m1/s1. The summed E-state index contributed by atoms with van der Waals surface area (Å²) >= 11 is 0. The third-order valence-electron chi connectivity index (χ3n) is 3.41. The van der Waals surface area contributed by atoms with Crippen molar-refractivity contribution in [2.75, 3.05) is 5.73 Å². The van der Waals surface area contributed by atoms with Crippen molar-refractivity contribution in [1.82, 2.24) is 19.5 Å². The molecule has 0 amide bonds. The normalized spacial score (nSPS) is 25.9. The molecular formula is C10H13FN5O5P. The van der Waals surface area contributed by atoms with Crippen molar-refractivity contribution in [2.24, 2.45) is 0 Å². The molecule has 1 fully saturated rings. The smallest absolute Gasteiger partial charge is 0.354 e. The molecule has 1 saturated heterocycles. The molecule has 10 nitrogen and oxygen atoms in total. The monoisotopic (exact) mass is 333 g/mol. The van der Waals surface area contributed by atoms with Gasteiger partial charge in [-0.05, 0) is 0 Å². The molecular weight excluding hydrogens is 320 g/mol. The fourth-order valence-corrected chi connectivity index (χ4v) is 3.15. The molecule has 2 aromatic rings. The summed E-state index contributed by atoms with van der Waals surface area (Å²) < 4.78 is 31.5. The molecule has 0 bridgehead atoms. The van der Waals surface area contributed by atoms with Crippen LogP contribution in [0.25, 0.3) is 11.2 Å². The van der Waals surface area contributed by atoms with E-state index < -0.39 is 37.7 Å². The summed E-state index contributed by atoms with van der Waals surface area (Å²) in [5, 5.41) is 0. The first-order valence-corrected chi connectivity index (χ1v) is 7.99. The number of anilines is 1. The van der Waals surface area contributed by atoms with Crippen LogP contribution in [-0.2, 0) is 15.8 Å². The summed E-state index contributed by atoms with van der Waals surface area (Å²) in [6.45, 7) is -0.0932. The number of nitrogens with two attached hydrogens (primary N) is 1. The van der Waals surface area contributed by atoms with E-state index in [9.17, 15) is 13.8 Å². The minimum atomic E-state index is -4.52. The molecule has 0 unspecified atom stereocenters. The van der Waals surface area contributed by atoms with Gasteiger partial charge in [0.05, 0.1) is 12.9 Å². The largest absolute Gasteiger partial charge is 0.369 e. The molecule has 2 aromatic heterocycles. The number of aromatic amines is 1. The second kappa shape index (κ2) is 5.13. The van der Waals surface area contributed by atoms with E-state index >= 15 is 0 Å². The predicted molar refractivity (Wildman–Crippen MR) is 72.8 cm³/mol. The fraction of sp³-hybridized carbons (Fsp3) is 0.500. The van der Waals surface area contributed by atoms with Crippen molar-refractivity contribution in [1.29, 1.82) is 0 Å². The van der Waals surface area contributed by atoms with Gasteiger partial charge < -0.3 is 24.8 Å². The lowest BCUT2D eigenvalue weighted by molar-refractivity contribution is 0.0400. The quantitative estimate of drug-likeness (QED) is 0.539. The summed E-state index contributed by atoms with van der Waals surface area (Å²) in [5.74, 6) is -1.58. The Balaban J connectivity index is 1.88. The maximum Gasteiger partial charge on any atom is 0.354 e. The van der Waals surface area contributed by atoms with E-state index in [1.165, 1.54) is 10.9 Å². The van der Waals surface area contributed by atoms with Crippen LogP contribution in [-0.4, -0.2) is 47.4 Å². The number of aromatic nitrogens is 4. The fourth-order valence-electron chi connectivity index (χ4n) is 2.36. The van der Waals surface area contributed by atoms with Crippen LogP contribution in [0.1, 0.15) is 6.42 Å². The Kier molecular flexibility index (Phi) is 3.52. The van der Waals surface area contributed by atoms with E-state index in [-0.39, 0.29) is 23.7 Å². The molecule has 1 aliphatic heterocycles. The van der Waals surface area contributed by atoms with Gasteiger partial charge in [0, 0.05) is 6.42 Å². The molecule has 22 heavy (non-hydrogen) atoms. The molecule has 0 aliphatic carbocycles. The van der Waals surface area contributed by atoms with Crippen LogP contribution in [0.3, 0.4) is 0 Å². The van der Waals surface area contributed by atoms with Crippen LogP contribution in [0.2, 0.25) is 0 Å². The van der Waals surface area contributed by atoms with E-state index in [1.54, 1.807) is 0 Å². The van der Waals surface area contributed by atoms with E-state index in [2.05, 4.69) is 15.0 Å². The van der Waals surface area contributed by atoms with E-state index in [4.69, 9.17) is 20.3 Å². The number of alkyl halides is 1. The minimum absolute atomic E-state index is 0.0362. The van der Waals surface area contributed by atoms with Crippen LogP contribution in [0.15, 0.2) is 11.1 Å². The Labute approximate surface area is 122 Å². The molecule has 120 valence electrons. The van der Waals surface area contributed by atoms with Gasteiger partial charge in [-0.15, -0.1) is 0 Å². The van der Waals surface area contributed by atoms with Crippen LogP contribution < -0.4 is 11.3 Å². The lowest BCUT2D eigenvalue weighted by Crippen LogP contribution is -2.24. The number of imidazole rings is 1. The molecule has 0 saturated carbocycles. The summed E-state index contributed by atoms with van der Waals surface area (Å²) in [5.41, 5.74) is 5.11. The van der Waals surface area contributed by atoms with Gasteiger partial charge in [-0.1, -0.05) is 0 Å². The van der Waals surface area contributed by atoms with E-state index in [0.717, 1.165) is 0 Å². The van der Waals surface area contributed by atoms with Crippen molar-refractivity contribution in [3.05, 3.63) is 16.7 Å². The molecule has 3 rings (SSSR count). The third-order valence-corrected chi connectivity index (χ3v) is 4.49. The van der Waals surface area contributed by atoms with Gasteiger partial charge in [-0.3, -0.25) is 14.3 Å². The van der Waals surface area contributed by atoms with Crippen LogP contribution in [0.4, 0.5) is 10.3 Å². The zero-order valence-electron chi connectivity index (χ0n) is 11.1. The third kappa shape index (κ3) is 2.63. The zero-order chi connectivity index (χ0) is 16.1. The molecule has 12 heteroatoms. The van der Waals surface area contributed by atoms with Crippen LogP contribution in [0.5, 0.6) is 0 Å². The summed E-state index contributed by atoms with van der Waals surface area (Å²) in [6.07, 6.45) is -1.74. The van der Waals surface area contributed by atoms with Gasteiger partial charge in [-0.25, -0.2) is 9.37 Å². The number of ether oxygens (including phenoxy) is 1. The minimum Gasteiger partial charge on any atom is -0.369 e. The molecule has 0 spiro atoms. The van der Waals surface area contributed by atoms with Crippen LogP contribution in [0, 0.1) is 0 Å². The summed E-state index contributed by atoms with van der Waals surface area (Å²) in [7, 11) is -4.52. The van der Waals surface area contributed by atoms with Crippen molar-refractivity contribution in [2.45, 2.75) is 31.1 Å². The molecule has 3 heterocycles. The van der Waals surface area contributed by atoms with Crippen molar-refractivity contribution in [3.63, 3.8) is 0 Å². The van der Waals surface area contributed by atoms with Gasteiger partial charge in [0.25, 0.3) is 5.56 Å². The maximum atomic E-state index is 13.9.